The summed E-state index contributed by atoms with van der Waals surface area (Å²) in [5, 5.41) is 4.03. The lowest BCUT2D eigenvalue weighted by molar-refractivity contribution is -0.139. The molecule has 2 amide bonds. The highest BCUT2D eigenvalue weighted by Crippen LogP contribution is 2.25. The number of amides is 2. The molecule has 1 atom stereocenters. The van der Waals surface area contributed by atoms with E-state index in [2.05, 4.69) is 5.32 Å². The Morgan fingerprint density at radius 3 is 2.58 bits per heavy atom. The quantitative estimate of drug-likeness (QED) is 0.434. The SMILES string of the molecule is C[C@@H](C(=O)NC1CCCCC1)N(Cc1cccc(Cl)c1)C(=O)CSCc1c(F)cccc1Cl. The second-order valence-electron chi connectivity index (χ2n) is 8.36. The molecule has 8 heteroatoms. The maximum absolute atomic E-state index is 14.1. The molecule has 0 spiro atoms. The number of nitrogens with zero attached hydrogens (tertiary/aromatic N) is 1. The Hall–Kier alpha value is -1.76. The monoisotopic (exact) mass is 510 g/mol. The maximum atomic E-state index is 14.1. The van der Waals surface area contributed by atoms with Crippen molar-refractivity contribution in [3.05, 3.63) is 69.5 Å². The molecule has 0 aliphatic heterocycles. The second-order valence-corrected chi connectivity index (χ2v) is 10.2. The number of nitrogens with one attached hydrogen (secondary N) is 1. The molecule has 0 radical (unpaired) electrons. The van der Waals surface area contributed by atoms with Crippen LogP contribution in [0.2, 0.25) is 10.0 Å². The zero-order chi connectivity index (χ0) is 23.8. The van der Waals surface area contributed by atoms with Crippen LogP contribution in [0.25, 0.3) is 0 Å². The Balaban J connectivity index is 1.68. The molecule has 4 nitrogen and oxygen atoms in total. The highest BCUT2D eigenvalue weighted by atomic mass is 35.5. The van der Waals surface area contributed by atoms with Crippen molar-refractivity contribution in [1.29, 1.82) is 0 Å². The Labute approximate surface area is 209 Å². The molecule has 0 heterocycles. The van der Waals surface area contributed by atoms with Gasteiger partial charge in [0.1, 0.15) is 11.9 Å². The highest BCUT2D eigenvalue weighted by Gasteiger charge is 2.28. The standard InChI is InChI=1S/C25H29Cl2FN2O2S/c1-17(25(32)29-20-9-3-2-4-10-20)30(14-18-7-5-8-19(26)13-18)24(31)16-33-15-21-22(27)11-6-12-23(21)28/h5-8,11-13,17,20H,2-4,9-10,14-16H2,1H3,(H,29,32)/t17-/m0/s1. The summed E-state index contributed by atoms with van der Waals surface area (Å²) in [5.74, 6) is -0.367. The summed E-state index contributed by atoms with van der Waals surface area (Å²) >= 11 is 13.5. The first kappa shape index (κ1) is 25.9. The predicted octanol–water partition coefficient (Wildman–Crippen LogP) is 6.23. The molecule has 178 valence electrons. The Morgan fingerprint density at radius 1 is 1.15 bits per heavy atom. The minimum Gasteiger partial charge on any atom is -0.352 e. The summed E-state index contributed by atoms with van der Waals surface area (Å²) in [5.41, 5.74) is 1.22. The molecule has 0 bridgehead atoms. The molecule has 1 fully saturated rings. The lowest BCUT2D eigenvalue weighted by atomic mass is 9.95. The van der Waals surface area contributed by atoms with Gasteiger partial charge in [-0.25, -0.2) is 4.39 Å². The van der Waals surface area contributed by atoms with Gasteiger partial charge in [0, 0.05) is 33.9 Å². The molecule has 0 unspecified atom stereocenters. The highest BCUT2D eigenvalue weighted by molar-refractivity contribution is 7.99. The van der Waals surface area contributed by atoms with Crippen molar-refractivity contribution in [3.63, 3.8) is 0 Å². The number of hydrogen-bond acceptors (Lipinski definition) is 3. The van der Waals surface area contributed by atoms with Crippen molar-refractivity contribution in [2.75, 3.05) is 5.75 Å². The van der Waals surface area contributed by atoms with Crippen molar-refractivity contribution < 1.29 is 14.0 Å². The Morgan fingerprint density at radius 2 is 1.88 bits per heavy atom. The maximum Gasteiger partial charge on any atom is 0.242 e. The van der Waals surface area contributed by atoms with Crippen LogP contribution in [0.1, 0.15) is 50.2 Å². The van der Waals surface area contributed by atoms with E-state index in [0.29, 0.717) is 15.6 Å². The molecule has 2 aromatic carbocycles. The van der Waals surface area contributed by atoms with Gasteiger partial charge in [0.05, 0.1) is 5.75 Å². The predicted molar refractivity (Wildman–Crippen MR) is 134 cm³/mol. The minimum atomic E-state index is -0.643. The zero-order valence-corrected chi connectivity index (χ0v) is 21.0. The van der Waals surface area contributed by atoms with E-state index >= 15 is 0 Å². The molecule has 1 aliphatic rings. The first-order valence-corrected chi connectivity index (χ1v) is 13.1. The fourth-order valence-electron chi connectivity index (χ4n) is 3.98. The van der Waals surface area contributed by atoms with Crippen LogP contribution in [0.3, 0.4) is 0 Å². The number of thioether (sulfide) groups is 1. The normalized spacial score (nSPS) is 15.2. The first-order valence-electron chi connectivity index (χ1n) is 11.2. The lowest BCUT2D eigenvalue weighted by Crippen LogP contribution is -2.50. The topological polar surface area (TPSA) is 49.4 Å². The fourth-order valence-corrected chi connectivity index (χ4v) is 5.44. The van der Waals surface area contributed by atoms with Crippen LogP contribution in [0.15, 0.2) is 42.5 Å². The van der Waals surface area contributed by atoms with Gasteiger partial charge in [0.2, 0.25) is 11.8 Å². The van der Waals surface area contributed by atoms with Crippen LogP contribution in [0, 0.1) is 5.82 Å². The van der Waals surface area contributed by atoms with Crippen molar-refractivity contribution >= 4 is 46.8 Å². The molecule has 1 saturated carbocycles. The molecule has 1 aliphatic carbocycles. The van der Waals surface area contributed by atoms with Gasteiger partial charge < -0.3 is 10.2 Å². The van der Waals surface area contributed by atoms with E-state index in [1.54, 1.807) is 36.1 Å². The van der Waals surface area contributed by atoms with E-state index in [9.17, 15) is 14.0 Å². The van der Waals surface area contributed by atoms with Crippen LogP contribution >= 0.6 is 35.0 Å². The molecule has 0 saturated heterocycles. The van der Waals surface area contributed by atoms with Gasteiger partial charge in [-0.1, -0.05) is 60.7 Å². The van der Waals surface area contributed by atoms with E-state index in [0.717, 1.165) is 31.2 Å². The third-order valence-corrected chi connectivity index (χ3v) is 7.43. The van der Waals surface area contributed by atoms with Crippen LogP contribution in [-0.4, -0.2) is 34.6 Å². The number of benzene rings is 2. The Bertz CT molecular complexity index is 949. The summed E-state index contributed by atoms with van der Waals surface area (Å²) in [6, 6.07) is 11.3. The van der Waals surface area contributed by atoms with Crippen molar-refractivity contribution in [2.24, 2.45) is 0 Å². The van der Waals surface area contributed by atoms with Crippen molar-refractivity contribution in [3.8, 4) is 0 Å². The number of halogens is 3. The van der Waals surface area contributed by atoms with E-state index < -0.39 is 11.9 Å². The number of hydrogen-bond donors (Lipinski definition) is 1. The minimum absolute atomic E-state index is 0.103. The number of carbonyl (C=O) groups is 2. The fraction of sp³-hybridized carbons (Fsp3) is 0.440. The summed E-state index contributed by atoms with van der Waals surface area (Å²) < 4.78 is 14.1. The van der Waals surface area contributed by atoms with Crippen LogP contribution in [-0.2, 0) is 21.9 Å². The largest absolute Gasteiger partial charge is 0.352 e. The van der Waals surface area contributed by atoms with Gasteiger partial charge in [-0.05, 0) is 49.6 Å². The molecule has 33 heavy (non-hydrogen) atoms. The smallest absolute Gasteiger partial charge is 0.242 e. The molecule has 3 rings (SSSR count). The molecular weight excluding hydrogens is 482 g/mol. The summed E-state index contributed by atoms with van der Waals surface area (Å²) in [6.07, 6.45) is 5.36. The lowest BCUT2D eigenvalue weighted by Gasteiger charge is -2.31. The average Bonchev–Trinajstić information content (AvgIpc) is 2.79. The zero-order valence-electron chi connectivity index (χ0n) is 18.7. The van der Waals surface area contributed by atoms with Crippen LogP contribution in [0.4, 0.5) is 4.39 Å². The molecule has 0 aromatic heterocycles. The van der Waals surface area contributed by atoms with Gasteiger partial charge in [0.25, 0.3) is 0 Å². The van der Waals surface area contributed by atoms with Gasteiger partial charge in [-0.15, -0.1) is 11.8 Å². The second kappa shape index (κ2) is 12.6. The van der Waals surface area contributed by atoms with Gasteiger partial charge in [-0.2, -0.15) is 0 Å². The van der Waals surface area contributed by atoms with E-state index in [4.69, 9.17) is 23.2 Å². The summed E-state index contributed by atoms with van der Waals surface area (Å²) in [4.78, 5) is 27.8. The first-order chi connectivity index (χ1) is 15.8. The van der Waals surface area contributed by atoms with Crippen LogP contribution < -0.4 is 5.32 Å². The van der Waals surface area contributed by atoms with Gasteiger partial charge in [-0.3, -0.25) is 9.59 Å². The van der Waals surface area contributed by atoms with Crippen molar-refractivity contribution in [1.82, 2.24) is 10.2 Å². The van der Waals surface area contributed by atoms with Crippen LogP contribution in [0.5, 0.6) is 0 Å². The summed E-state index contributed by atoms with van der Waals surface area (Å²) in [6.45, 7) is 2.01. The molecule has 2 aromatic rings. The molecule has 1 N–H and O–H groups in total. The third kappa shape index (κ3) is 7.62. The van der Waals surface area contributed by atoms with Crippen molar-refractivity contribution in [2.45, 2.75) is 63.4 Å². The number of carbonyl (C=O) groups excluding carboxylic acids is 2. The summed E-state index contributed by atoms with van der Waals surface area (Å²) in [7, 11) is 0. The average molecular weight is 511 g/mol. The van der Waals surface area contributed by atoms with E-state index in [1.807, 2.05) is 12.1 Å². The van der Waals surface area contributed by atoms with E-state index in [-0.39, 0.29) is 35.9 Å². The van der Waals surface area contributed by atoms with E-state index in [1.165, 1.54) is 24.2 Å². The van der Waals surface area contributed by atoms with Gasteiger partial charge >= 0.3 is 0 Å². The number of rotatable bonds is 9. The molecular formula is C25H29Cl2FN2O2S. The Kier molecular flexibility index (Phi) is 9.90. The van der Waals surface area contributed by atoms with Gasteiger partial charge in [0.15, 0.2) is 0 Å². The third-order valence-electron chi connectivity index (χ3n) is 5.89.